The molecule has 0 radical (unpaired) electrons. The van der Waals surface area contributed by atoms with E-state index in [2.05, 4.69) is 10.6 Å². The van der Waals surface area contributed by atoms with Crippen molar-refractivity contribution in [1.82, 2.24) is 4.57 Å². The van der Waals surface area contributed by atoms with Crippen LogP contribution in [0.3, 0.4) is 0 Å². The van der Waals surface area contributed by atoms with E-state index in [1.54, 1.807) is 11.6 Å². The topological polar surface area (TPSA) is 55.3 Å². The van der Waals surface area contributed by atoms with Crippen molar-refractivity contribution in [3.05, 3.63) is 47.8 Å². The molecule has 2 aromatic rings. The lowest BCUT2D eigenvalue weighted by Gasteiger charge is -2.11. The van der Waals surface area contributed by atoms with E-state index in [9.17, 15) is 4.79 Å². The predicted octanol–water partition coefficient (Wildman–Crippen LogP) is 2.93. The number of methoxy groups -OCH3 is 1. The zero-order valence-electron chi connectivity index (χ0n) is 12.1. The van der Waals surface area contributed by atoms with E-state index in [-0.39, 0.29) is 0 Å². The number of aryl methyl sites for hydroxylation is 1. The van der Waals surface area contributed by atoms with Gasteiger partial charge < -0.3 is 19.9 Å². The maximum absolute atomic E-state index is 11.9. The van der Waals surface area contributed by atoms with Crippen LogP contribution in [-0.2, 0) is 11.8 Å². The van der Waals surface area contributed by atoms with Gasteiger partial charge in [0, 0.05) is 18.4 Å². The molecule has 110 valence electrons. The largest absolute Gasteiger partial charge is 0.464 e. The number of esters is 1. The molecule has 0 atom stereocenters. The summed E-state index contributed by atoms with van der Waals surface area (Å²) in [4.78, 5) is 11.9. The Kier molecular flexibility index (Phi) is 4.59. The minimum atomic E-state index is -0.407. The highest BCUT2D eigenvalue weighted by atomic mass is 32.1. The SMILES string of the molecule is COC(=O)c1c(NC(=S)Nc2ccccc2)cc(C)n1C. The molecule has 1 aromatic carbocycles. The summed E-state index contributed by atoms with van der Waals surface area (Å²) in [5, 5.41) is 6.51. The molecule has 0 aliphatic heterocycles. The number of para-hydroxylation sites is 1. The van der Waals surface area contributed by atoms with Gasteiger partial charge in [0.15, 0.2) is 10.8 Å². The molecule has 0 amide bonds. The summed E-state index contributed by atoms with van der Waals surface area (Å²) < 4.78 is 6.57. The normalized spacial score (nSPS) is 10.0. The second-order valence-corrected chi connectivity index (χ2v) is 4.95. The van der Waals surface area contributed by atoms with Crippen LogP contribution in [0.1, 0.15) is 16.2 Å². The first-order chi connectivity index (χ1) is 10.0. The fourth-order valence-corrected chi connectivity index (χ4v) is 2.20. The van der Waals surface area contributed by atoms with Gasteiger partial charge in [0.05, 0.1) is 12.8 Å². The molecule has 5 nitrogen and oxygen atoms in total. The van der Waals surface area contributed by atoms with Gasteiger partial charge in [0.2, 0.25) is 0 Å². The Hall–Kier alpha value is -2.34. The first kappa shape index (κ1) is 15.1. The number of nitrogens with zero attached hydrogens (tertiary/aromatic N) is 1. The van der Waals surface area contributed by atoms with Gasteiger partial charge in [0.1, 0.15) is 0 Å². The summed E-state index contributed by atoms with van der Waals surface area (Å²) in [5.74, 6) is -0.407. The first-order valence-electron chi connectivity index (χ1n) is 6.40. The fourth-order valence-electron chi connectivity index (χ4n) is 1.98. The molecule has 2 N–H and O–H groups in total. The smallest absolute Gasteiger partial charge is 0.356 e. The number of benzene rings is 1. The highest BCUT2D eigenvalue weighted by Gasteiger charge is 2.19. The number of thiocarbonyl (C=S) groups is 1. The molecule has 0 bridgehead atoms. The maximum Gasteiger partial charge on any atom is 0.356 e. The number of anilines is 2. The summed E-state index contributed by atoms with van der Waals surface area (Å²) >= 11 is 5.27. The number of carbonyl (C=O) groups is 1. The third kappa shape index (κ3) is 3.41. The second kappa shape index (κ2) is 6.41. The van der Waals surface area contributed by atoms with Gasteiger partial charge in [-0.05, 0) is 37.3 Å². The van der Waals surface area contributed by atoms with Crippen LogP contribution in [0.5, 0.6) is 0 Å². The Morgan fingerprint density at radius 1 is 1.24 bits per heavy atom. The standard InChI is InChI=1S/C15H17N3O2S/c1-10-9-12(13(18(10)2)14(19)20-3)17-15(21)16-11-7-5-4-6-8-11/h4-9H,1-3H3,(H2,16,17,21). The monoisotopic (exact) mass is 303 g/mol. The minimum Gasteiger partial charge on any atom is -0.464 e. The molecular weight excluding hydrogens is 286 g/mol. The van der Waals surface area contributed by atoms with Crippen molar-refractivity contribution in [3.63, 3.8) is 0 Å². The van der Waals surface area contributed by atoms with E-state index in [0.29, 0.717) is 16.5 Å². The van der Waals surface area contributed by atoms with Gasteiger partial charge in [-0.2, -0.15) is 0 Å². The van der Waals surface area contributed by atoms with Crippen molar-refractivity contribution in [2.75, 3.05) is 17.7 Å². The van der Waals surface area contributed by atoms with Gasteiger partial charge in [-0.1, -0.05) is 18.2 Å². The third-order valence-corrected chi connectivity index (χ3v) is 3.34. The average molecular weight is 303 g/mol. The van der Waals surface area contributed by atoms with E-state index in [0.717, 1.165) is 11.4 Å². The number of hydrogen-bond acceptors (Lipinski definition) is 3. The van der Waals surface area contributed by atoms with Crippen molar-refractivity contribution >= 4 is 34.7 Å². The molecule has 0 unspecified atom stereocenters. The van der Waals surface area contributed by atoms with Gasteiger partial charge >= 0.3 is 5.97 Å². The molecule has 0 spiro atoms. The summed E-state index contributed by atoms with van der Waals surface area (Å²) in [6.45, 7) is 1.91. The lowest BCUT2D eigenvalue weighted by atomic mass is 10.3. The second-order valence-electron chi connectivity index (χ2n) is 4.54. The van der Waals surface area contributed by atoms with E-state index in [4.69, 9.17) is 17.0 Å². The Balaban J connectivity index is 2.18. The Morgan fingerprint density at radius 3 is 2.52 bits per heavy atom. The lowest BCUT2D eigenvalue weighted by molar-refractivity contribution is 0.0591. The molecule has 6 heteroatoms. The lowest BCUT2D eigenvalue weighted by Crippen LogP contribution is -2.21. The quantitative estimate of drug-likeness (QED) is 0.674. The van der Waals surface area contributed by atoms with Crippen LogP contribution >= 0.6 is 12.2 Å². The fraction of sp³-hybridized carbons (Fsp3) is 0.200. The highest BCUT2D eigenvalue weighted by Crippen LogP contribution is 2.21. The Labute approximate surface area is 128 Å². The van der Waals surface area contributed by atoms with Crippen LogP contribution in [0.4, 0.5) is 11.4 Å². The van der Waals surface area contributed by atoms with Gasteiger partial charge in [0.25, 0.3) is 0 Å². The number of rotatable bonds is 3. The molecule has 1 heterocycles. The molecule has 0 saturated carbocycles. The van der Waals surface area contributed by atoms with Crippen LogP contribution in [-0.4, -0.2) is 22.8 Å². The zero-order valence-corrected chi connectivity index (χ0v) is 13.0. The van der Waals surface area contributed by atoms with E-state index in [1.165, 1.54) is 7.11 Å². The average Bonchev–Trinajstić information content (AvgIpc) is 2.74. The summed E-state index contributed by atoms with van der Waals surface area (Å²) in [7, 11) is 3.16. The van der Waals surface area contributed by atoms with Crippen LogP contribution in [0, 0.1) is 6.92 Å². The van der Waals surface area contributed by atoms with Crippen LogP contribution in [0.25, 0.3) is 0 Å². The van der Waals surface area contributed by atoms with Gasteiger partial charge in [-0.3, -0.25) is 0 Å². The summed E-state index contributed by atoms with van der Waals surface area (Å²) in [6.07, 6.45) is 0. The van der Waals surface area contributed by atoms with Crippen LogP contribution < -0.4 is 10.6 Å². The Bertz CT molecular complexity index is 665. The van der Waals surface area contributed by atoms with Crippen molar-refractivity contribution in [2.24, 2.45) is 7.05 Å². The number of aromatic nitrogens is 1. The van der Waals surface area contributed by atoms with Crippen LogP contribution in [0.15, 0.2) is 36.4 Å². The maximum atomic E-state index is 11.9. The van der Waals surface area contributed by atoms with Crippen molar-refractivity contribution in [3.8, 4) is 0 Å². The van der Waals surface area contributed by atoms with Crippen molar-refractivity contribution in [2.45, 2.75) is 6.92 Å². The third-order valence-electron chi connectivity index (χ3n) is 3.13. The number of nitrogens with one attached hydrogen (secondary N) is 2. The van der Waals surface area contributed by atoms with Crippen molar-refractivity contribution < 1.29 is 9.53 Å². The van der Waals surface area contributed by atoms with E-state index in [1.807, 2.05) is 43.3 Å². The molecular formula is C15H17N3O2S. The van der Waals surface area contributed by atoms with Crippen molar-refractivity contribution in [1.29, 1.82) is 0 Å². The summed E-state index contributed by atoms with van der Waals surface area (Å²) in [6, 6.07) is 11.4. The molecule has 21 heavy (non-hydrogen) atoms. The van der Waals surface area contributed by atoms with E-state index >= 15 is 0 Å². The highest BCUT2D eigenvalue weighted by molar-refractivity contribution is 7.80. The number of ether oxygens (including phenoxy) is 1. The molecule has 0 aliphatic rings. The molecule has 0 fully saturated rings. The first-order valence-corrected chi connectivity index (χ1v) is 6.81. The van der Waals surface area contributed by atoms with Gasteiger partial charge in [-0.25, -0.2) is 4.79 Å². The molecule has 2 rings (SSSR count). The van der Waals surface area contributed by atoms with Gasteiger partial charge in [-0.15, -0.1) is 0 Å². The Morgan fingerprint density at radius 2 is 1.90 bits per heavy atom. The zero-order chi connectivity index (χ0) is 15.4. The van der Waals surface area contributed by atoms with Crippen LogP contribution in [0.2, 0.25) is 0 Å². The molecule has 0 saturated heterocycles. The van der Waals surface area contributed by atoms with E-state index < -0.39 is 5.97 Å². The summed E-state index contributed by atoms with van der Waals surface area (Å²) in [5.41, 5.74) is 2.87. The molecule has 1 aromatic heterocycles. The molecule has 0 aliphatic carbocycles. The predicted molar refractivity (Wildman–Crippen MR) is 87.8 cm³/mol. The minimum absolute atomic E-state index is 0.407. The number of carbonyl (C=O) groups excluding carboxylic acids is 1. The number of hydrogen-bond donors (Lipinski definition) is 2.